The summed E-state index contributed by atoms with van der Waals surface area (Å²) in [5, 5.41) is 3.21. The van der Waals surface area contributed by atoms with Gasteiger partial charge >= 0.3 is 0 Å². The fourth-order valence-corrected chi connectivity index (χ4v) is 6.93. The summed E-state index contributed by atoms with van der Waals surface area (Å²) < 4.78 is 57.3. The van der Waals surface area contributed by atoms with Crippen molar-refractivity contribution >= 4 is 70.8 Å². The van der Waals surface area contributed by atoms with Crippen molar-refractivity contribution in [2.75, 3.05) is 28.4 Å². The third kappa shape index (κ3) is 4.79. The van der Waals surface area contributed by atoms with Crippen LogP contribution in [0.3, 0.4) is 0 Å². The molecule has 0 spiro atoms. The third-order valence-electron chi connectivity index (χ3n) is 4.86. The van der Waals surface area contributed by atoms with E-state index in [-0.39, 0.29) is 25.5 Å². The predicted molar refractivity (Wildman–Crippen MR) is 136 cm³/mol. The molecule has 0 fully saturated rings. The number of halogens is 1. The van der Waals surface area contributed by atoms with Crippen LogP contribution in [-0.4, -0.2) is 30.9 Å². The third-order valence-corrected chi connectivity index (χ3v) is 9.28. The van der Waals surface area contributed by atoms with Crippen LogP contribution in [0.15, 0.2) is 81.2 Å². The molecule has 0 aliphatic rings. The van der Waals surface area contributed by atoms with Gasteiger partial charge in [-0.2, -0.15) is 0 Å². The van der Waals surface area contributed by atoms with Crippen molar-refractivity contribution in [1.29, 1.82) is 0 Å². The van der Waals surface area contributed by atoms with Crippen molar-refractivity contribution in [3.8, 4) is 0 Å². The molecule has 0 amide bonds. The Bertz CT molecular complexity index is 1530. The number of sulfonamides is 2. The fourth-order valence-electron chi connectivity index (χ4n) is 3.39. The molecule has 4 aromatic rings. The molecular formula is C22H20ClN3O4S3. The van der Waals surface area contributed by atoms with Crippen LogP contribution in [0.1, 0.15) is 0 Å². The summed E-state index contributed by atoms with van der Waals surface area (Å²) in [6.45, 7) is 0. The molecule has 0 atom stereocenters. The Hall–Kier alpha value is -2.79. The highest BCUT2D eigenvalue weighted by Gasteiger charge is 2.22. The molecule has 0 bridgehead atoms. The van der Waals surface area contributed by atoms with E-state index in [1.165, 1.54) is 30.3 Å². The van der Waals surface area contributed by atoms with E-state index >= 15 is 0 Å². The Morgan fingerprint density at radius 2 is 1.48 bits per heavy atom. The van der Waals surface area contributed by atoms with Crippen LogP contribution >= 0.6 is 22.9 Å². The summed E-state index contributed by atoms with van der Waals surface area (Å²) in [5.74, 6) is 0. The van der Waals surface area contributed by atoms with Gasteiger partial charge in [0.15, 0.2) is 0 Å². The number of nitrogens with zero attached hydrogens (tertiary/aromatic N) is 1. The van der Waals surface area contributed by atoms with Crippen LogP contribution in [0.4, 0.5) is 17.1 Å². The van der Waals surface area contributed by atoms with Gasteiger partial charge in [0.1, 0.15) is 4.21 Å². The van der Waals surface area contributed by atoms with Gasteiger partial charge in [-0.15, -0.1) is 11.3 Å². The molecule has 0 radical (unpaired) electrons. The average molecular weight is 522 g/mol. The lowest BCUT2D eigenvalue weighted by atomic mass is 10.1. The van der Waals surface area contributed by atoms with Crippen molar-refractivity contribution < 1.29 is 16.8 Å². The second-order valence-electron chi connectivity index (χ2n) is 7.36. The van der Waals surface area contributed by atoms with Crippen LogP contribution in [0, 0.1) is 0 Å². The molecule has 3 aromatic carbocycles. The first-order chi connectivity index (χ1) is 15.6. The zero-order chi connectivity index (χ0) is 23.8. The number of fused-ring (bicyclic) bond motifs is 1. The molecule has 1 heterocycles. The molecule has 0 saturated heterocycles. The van der Waals surface area contributed by atoms with E-state index in [4.69, 9.17) is 11.6 Å². The summed E-state index contributed by atoms with van der Waals surface area (Å²) >= 11 is 7.12. The Morgan fingerprint density at radius 1 is 0.788 bits per heavy atom. The molecule has 0 saturated carbocycles. The summed E-state index contributed by atoms with van der Waals surface area (Å²) in [4.78, 5) is 1.98. The highest BCUT2D eigenvalue weighted by molar-refractivity contribution is 7.94. The number of anilines is 3. The van der Waals surface area contributed by atoms with Crippen LogP contribution in [0.2, 0.25) is 5.02 Å². The maximum Gasteiger partial charge on any atom is 0.271 e. The number of benzene rings is 3. The predicted octanol–water partition coefficient (Wildman–Crippen LogP) is 5.22. The first-order valence-electron chi connectivity index (χ1n) is 9.66. The molecule has 7 nitrogen and oxygen atoms in total. The summed E-state index contributed by atoms with van der Waals surface area (Å²) in [5.41, 5.74) is 0.953. The molecule has 11 heteroatoms. The van der Waals surface area contributed by atoms with E-state index in [1.807, 2.05) is 31.1 Å². The van der Waals surface area contributed by atoms with Crippen LogP contribution in [0.5, 0.6) is 0 Å². The Labute approximate surface area is 201 Å². The zero-order valence-corrected chi connectivity index (χ0v) is 20.8. The van der Waals surface area contributed by atoms with E-state index in [2.05, 4.69) is 9.44 Å². The molecule has 0 aliphatic carbocycles. The van der Waals surface area contributed by atoms with Gasteiger partial charge in [0.25, 0.3) is 20.0 Å². The first kappa shape index (κ1) is 23.4. The van der Waals surface area contributed by atoms with Gasteiger partial charge in [-0.05, 0) is 41.8 Å². The van der Waals surface area contributed by atoms with Crippen molar-refractivity contribution in [1.82, 2.24) is 0 Å². The van der Waals surface area contributed by atoms with Gasteiger partial charge < -0.3 is 4.90 Å². The van der Waals surface area contributed by atoms with Gasteiger partial charge in [-0.1, -0.05) is 41.9 Å². The average Bonchev–Trinajstić information content (AvgIpc) is 3.30. The lowest BCUT2D eigenvalue weighted by molar-refractivity contribution is 0.600. The van der Waals surface area contributed by atoms with Gasteiger partial charge in [0, 0.05) is 35.6 Å². The molecule has 1 aromatic heterocycles. The SMILES string of the molecule is CN(C)c1cccc2c(S(=O)(=O)Nc3ccc(Cl)cc3NS(=O)(=O)c3cccs3)cccc12. The Balaban J connectivity index is 1.77. The zero-order valence-electron chi connectivity index (χ0n) is 17.6. The minimum Gasteiger partial charge on any atom is -0.377 e. The second-order valence-corrected chi connectivity index (χ2v) is 12.3. The molecule has 172 valence electrons. The van der Waals surface area contributed by atoms with Crippen molar-refractivity contribution in [2.24, 2.45) is 0 Å². The lowest BCUT2D eigenvalue weighted by Crippen LogP contribution is -2.17. The van der Waals surface area contributed by atoms with E-state index < -0.39 is 20.0 Å². The topological polar surface area (TPSA) is 95.6 Å². The summed E-state index contributed by atoms with van der Waals surface area (Å²) in [7, 11) is -4.22. The lowest BCUT2D eigenvalue weighted by Gasteiger charge is -2.18. The summed E-state index contributed by atoms with van der Waals surface area (Å²) in [6.07, 6.45) is 0. The fraction of sp³-hybridized carbons (Fsp3) is 0.0909. The first-order valence-corrected chi connectivity index (χ1v) is 13.9. The Morgan fingerprint density at radius 3 is 2.18 bits per heavy atom. The molecule has 4 rings (SSSR count). The maximum absolute atomic E-state index is 13.4. The minimum atomic E-state index is -4.07. The van der Waals surface area contributed by atoms with Crippen LogP contribution < -0.4 is 14.3 Å². The number of hydrogen-bond acceptors (Lipinski definition) is 6. The van der Waals surface area contributed by atoms with Crippen LogP contribution in [0.25, 0.3) is 10.8 Å². The van der Waals surface area contributed by atoms with Gasteiger partial charge in [-0.25, -0.2) is 16.8 Å². The van der Waals surface area contributed by atoms with E-state index in [0.29, 0.717) is 5.39 Å². The normalized spacial score (nSPS) is 12.0. The van der Waals surface area contributed by atoms with Crippen molar-refractivity contribution in [3.05, 3.63) is 77.1 Å². The van der Waals surface area contributed by atoms with E-state index in [1.54, 1.807) is 29.6 Å². The molecular weight excluding hydrogens is 502 g/mol. The largest absolute Gasteiger partial charge is 0.377 e. The standard InChI is InChI=1S/C22H20ClN3O4S3/c1-26(2)20-8-3-7-17-16(20)6-4-9-21(17)32(27,28)24-18-12-11-15(23)14-19(18)25-33(29,30)22-10-5-13-31-22/h3-14,24-25H,1-2H3. The van der Waals surface area contributed by atoms with E-state index in [0.717, 1.165) is 22.4 Å². The monoisotopic (exact) mass is 521 g/mol. The van der Waals surface area contributed by atoms with Crippen molar-refractivity contribution in [3.63, 3.8) is 0 Å². The summed E-state index contributed by atoms with van der Waals surface area (Å²) in [6, 6.07) is 17.8. The Kier molecular flexibility index (Phi) is 6.28. The number of hydrogen-bond donors (Lipinski definition) is 2. The van der Waals surface area contributed by atoms with Gasteiger partial charge in [0.05, 0.1) is 16.3 Å². The maximum atomic E-state index is 13.4. The number of rotatable bonds is 7. The molecule has 33 heavy (non-hydrogen) atoms. The molecule has 2 N–H and O–H groups in total. The molecule has 0 unspecified atom stereocenters. The highest BCUT2D eigenvalue weighted by atomic mass is 35.5. The van der Waals surface area contributed by atoms with Gasteiger partial charge in [-0.3, -0.25) is 9.44 Å². The van der Waals surface area contributed by atoms with Crippen molar-refractivity contribution in [2.45, 2.75) is 9.10 Å². The number of nitrogens with one attached hydrogen (secondary N) is 2. The quantitative estimate of drug-likeness (QED) is 0.347. The molecule has 0 aliphatic heterocycles. The van der Waals surface area contributed by atoms with E-state index in [9.17, 15) is 16.8 Å². The number of thiophene rings is 1. The minimum absolute atomic E-state index is 0.0219. The smallest absolute Gasteiger partial charge is 0.271 e. The van der Waals surface area contributed by atoms with Crippen LogP contribution in [-0.2, 0) is 20.0 Å². The van der Waals surface area contributed by atoms with Gasteiger partial charge in [0.2, 0.25) is 0 Å². The second kappa shape index (κ2) is 8.86. The highest BCUT2D eigenvalue weighted by Crippen LogP contribution is 2.34.